The van der Waals surface area contributed by atoms with E-state index in [4.69, 9.17) is 5.26 Å². The molecule has 0 heterocycles. The highest BCUT2D eigenvalue weighted by Crippen LogP contribution is 2.34. The topological polar surface area (TPSA) is 52.9 Å². The van der Waals surface area contributed by atoms with Crippen LogP contribution in [0.3, 0.4) is 0 Å². The molecular formula is C17H11F3N2O. The fourth-order valence-corrected chi connectivity index (χ4v) is 1.89. The van der Waals surface area contributed by atoms with E-state index < -0.39 is 17.6 Å². The minimum Gasteiger partial charge on any atom is -0.321 e. The maximum absolute atomic E-state index is 12.9. The lowest BCUT2D eigenvalue weighted by Crippen LogP contribution is -2.17. The van der Waals surface area contributed by atoms with Crippen molar-refractivity contribution in [2.75, 3.05) is 5.32 Å². The number of rotatable bonds is 3. The van der Waals surface area contributed by atoms with E-state index in [0.29, 0.717) is 5.56 Å². The average molecular weight is 316 g/mol. The van der Waals surface area contributed by atoms with Crippen molar-refractivity contribution < 1.29 is 18.0 Å². The molecule has 0 radical (unpaired) electrons. The Labute approximate surface area is 130 Å². The van der Waals surface area contributed by atoms with E-state index in [0.717, 1.165) is 12.1 Å². The summed E-state index contributed by atoms with van der Waals surface area (Å²) in [5.74, 6) is -0.895. The Hall–Kier alpha value is -3.07. The van der Waals surface area contributed by atoms with E-state index in [-0.39, 0.29) is 11.3 Å². The Morgan fingerprint density at radius 2 is 1.65 bits per heavy atom. The number of hydrogen-bond donors (Lipinski definition) is 1. The van der Waals surface area contributed by atoms with Crippen molar-refractivity contribution in [1.29, 1.82) is 5.26 Å². The van der Waals surface area contributed by atoms with Gasteiger partial charge in [-0.3, -0.25) is 4.79 Å². The summed E-state index contributed by atoms with van der Waals surface area (Å²) >= 11 is 0. The summed E-state index contributed by atoms with van der Waals surface area (Å²) in [6.07, 6.45) is -3.29. The predicted octanol–water partition coefficient (Wildman–Crippen LogP) is 4.25. The Bertz CT molecular complexity index is 774. The van der Waals surface area contributed by atoms with Crippen LogP contribution in [0, 0.1) is 11.3 Å². The molecule has 0 bridgehead atoms. The van der Waals surface area contributed by atoms with Gasteiger partial charge < -0.3 is 5.32 Å². The van der Waals surface area contributed by atoms with Crippen molar-refractivity contribution in [3.8, 4) is 6.07 Å². The Kier molecular flexibility index (Phi) is 4.82. The number of nitriles is 1. The zero-order chi connectivity index (χ0) is 16.9. The van der Waals surface area contributed by atoms with Gasteiger partial charge in [-0.15, -0.1) is 0 Å². The van der Waals surface area contributed by atoms with Gasteiger partial charge in [-0.2, -0.15) is 18.4 Å². The minimum absolute atomic E-state index is 0.284. The number of hydrogen-bond acceptors (Lipinski definition) is 2. The SMILES string of the molecule is N#CC(=Cc1ccccc1)C(=O)Nc1ccccc1C(F)(F)F. The van der Waals surface area contributed by atoms with E-state index >= 15 is 0 Å². The number of anilines is 1. The van der Waals surface area contributed by atoms with E-state index in [1.165, 1.54) is 18.2 Å². The second kappa shape index (κ2) is 6.79. The number of benzene rings is 2. The molecule has 0 aliphatic carbocycles. The van der Waals surface area contributed by atoms with Crippen molar-refractivity contribution in [2.24, 2.45) is 0 Å². The Morgan fingerprint density at radius 1 is 1.04 bits per heavy atom. The van der Waals surface area contributed by atoms with Crippen LogP contribution in [0.4, 0.5) is 18.9 Å². The fourth-order valence-electron chi connectivity index (χ4n) is 1.89. The highest BCUT2D eigenvalue weighted by atomic mass is 19.4. The number of alkyl halides is 3. The third-order valence-electron chi connectivity index (χ3n) is 2.96. The maximum Gasteiger partial charge on any atom is 0.418 e. The molecule has 0 aliphatic rings. The van der Waals surface area contributed by atoms with Gasteiger partial charge in [-0.25, -0.2) is 0 Å². The summed E-state index contributed by atoms with van der Waals surface area (Å²) in [5.41, 5.74) is -1.04. The number of carbonyl (C=O) groups excluding carboxylic acids is 1. The molecule has 0 spiro atoms. The maximum atomic E-state index is 12.9. The monoisotopic (exact) mass is 316 g/mol. The first-order chi connectivity index (χ1) is 10.9. The minimum atomic E-state index is -4.60. The van der Waals surface area contributed by atoms with Crippen LogP contribution in [0.5, 0.6) is 0 Å². The summed E-state index contributed by atoms with van der Waals surface area (Å²) in [6, 6.07) is 14.9. The quantitative estimate of drug-likeness (QED) is 0.680. The molecule has 3 nitrogen and oxygen atoms in total. The molecule has 0 unspecified atom stereocenters. The largest absolute Gasteiger partial charge is 0.418 e. The Balaban J connectivity index is 2.29. The molecule has 0 aromatic heterocycles. The summed E-state index contributed by atoms with van der Waals surface area (Å²) in [7, 11) is 0. The molecule has 0 aliphatic heterocycles. The Morgan fingerprint density at radius 3 is 2.26 bits per heavy atom. The molecule has 0 saturated carbocycles. The van der Waals surface area contributed by atoms with Crippen molar-refractivity contribution in [3.05, 3.63) is 71.3 Å². The standard InChI is InChI=1S/C17H11F3N2O/c18-17(19,20)14-8-4-5-9-15(14)22-16(23)13(11-21)10-12-6-2-1-3-7-12/h1-10H,(H,22,23). The number of nitrogens with zero attached hydrogens (tertiary/aromatic N) is 1. The van der Waals surface area contributed by atoms with Crippen LogP contribution >= 0.6 is 0 Å². The van der Waals surface area contributed by atoms with Gasteiger partial charge in [0.1, 0.15) is 11.6 Å². The normalized spacial score (nSPS) is 11.7. The first-order valence-corrected chi connectivity index (χ1v) is 6.56. The third kappa shape index (κ3) is 4.20. The van der Waals surface area contributed by atoms with Crippen LogP contribution in [-0.2, 0) is 11.0 Å². The fraction of sp³-hybridized carbons (Fsp3) is 0.0588. The van der Waals surface area contributed by atoms with Gasteiger partial charge in [0.15, 0.2) is 0 Å². The van der Waals surface area contributed by atoms with Gasteiger partial charge in [0.2, 0.25) is 0 Å². The number of carbonyl (C=O) groups is 1. The van der Waals surface area contributed by atoms with Gasteiger partial charge >= 0.3 is 6.18 Å². The first-order valence-electron chi connectivity index (χ1n) is 6.56. The van der Waals surface area contributed by atoms with Crippen LogP contribution < -0.4 is 5.32 Å². The summed E-state index contributed by atoms with van der Waals surface area (Å²) < 4.78 is 38.7. The zero-order valence-corrected chi connectivity index (χ0v) is 11.8. The molecule has 0 saturated heterocycles. The molecule has 2 aromatic rings. The summed E-state index contributed by atoms with van der Waals surface area (Å²) in [6.45, 7) is 0. The highest BCUT2D eigenvalue weighted by Gasteiger charge is 2.33. The van der Waals surface area contributed by atoms with E-state index in [9.17, 15) is 18.0 Å². The van der Waals surface area contributed by atoms with Crippen molar-refractivity contribution in [1.82, 2.24) is 0 Å². The van der Waals surface area contributed by atoms with Crippen molar-refractivity contribution in [3.63, 3.8) is 0 Å². The highest BCUT2D eigenvalue weighted by molar-refractivity contribution is 6.10. The summed E-state index contributed by atoms with van der Waals surface area (Å²) in [4.78, 5) is 12.1. The summed E-state index contributed by atoms with van der Waals surface area (Å²) in [5, 5.41) is 11.2. The number of halogens is 3. The van der Waals surface area contributed by atoms with Crippen LogP contribution in [0.25, 0.3) is 6.08 Å². The third-order valence-corrected chi connectivity index (χ3v) is 2.96. The average Bonchev–Trinajstić information content (AvgIpc) is 2.53. The second-order valence-corrected chi connectivity index (χ2v) is 4.58. The van der Waals surface area contributed by atoms with Crippen LogP contribution in [-0.4, -0.2) is 5.91 Å². The second-order valence-electron chi connectivity index (χ2n) is 4.58. The molecule has 1 amide bonds. The van der Waals surface area contributed by atoms with E-state index in [1.54, 1.807) is 36.4 Å². The lowest BCUT2D eigenvalue weighted by molar-refractivity contribution is -0.136. The number of nitrogens with one attached hydrogen (secondary N) is 1. The number of amides is 1. The molecule has 0 atom stereocenters. The molecule has 2 aromatic carbocycles. The van der Waals surface area contributed by atoms with Gasteiger partial charge in [0.25, 0.3) is 5.91 Å². The van der Waals surface area contributed by atoms with Crippen LogP contribution in [0.1, 0.15) is 11.1 Å². The molecule has 1 N–H and O–H groups in total. The van der Waals surface area contributed by atoms with Crippen LogP contribution in [0.15, 0.2) is 60.2 Å². The van der Waals surface area contributed by atoms with E-state index in [2.05, 4.69) is 5.32 Å². The molecule has 2 rings (SSSR count). The molecule has 0 fully saturated rings. The zero-order valence-electron chi connectivity index (χ0n) is 11.8. The molecule has 23 heavy (non-hydrogen) atoms. The van der Waals surface area contributed by atoms with Crippen molar-refractivity contribution >= 4 is 17.7 Å². The van der Waals surface area contributed by atoms with Gasteiger partial charge in [-0.05, 0) is 23.8 Å². The lowest BCUT2D eigenvalue weighted by atomic mass is 10.1. The van der Waals surface area contributed by atoms with Crippen LogP contribution in [0.2, 0.25) is 0 Å². The lowest BCUT2D eigenvalue weighted by Gasteiger charge is -2.13. The van der Waals surface area contributed by atoms with E-state index in [1.807, 2.05) is 0 Å². The van der Waals surface area contributed by atoms with Gasteiger partial charge in [-0.1, -0.05) is 42.5 Å². The van der Waals surface area contributed by atoms with Gasteiger partial charge in [0, 0.05) is 0 Å². The smallest absolute Gasteiger partial charge is 0.321 e. The molecule has 6 heteroatoms. The van der Waals surface area contributed by atoms with Crippen molar-refractivity contribution in [2.45, 2.75) is 6.18 Å². The molecule has 116 valence electrons. The first kappa shape index (κ1) is 16.3. The number of para-hydroxylation sites is 1. The van der Waals surface area contributed by atoms with Gasteiger partial charge in [0.05, 0.1) is 11.3 Å². The predicted molar refractivity (Wildman–Crippen MR) is 80.1 cm³/mol. The molecular weight excluding hydrogens is 305 g/mol.